The van der Waals surface area contributed by atoms with E-state index in [0.717, 1.165) is 5.56 Å². The van der Waals surface area contributed by atoms with Crippen molar-refractivity contribution in [2.75, 3.05) is 0 Å². The van der Waals surface area contributed by atoms with Crippen molar-refractivity contribution in [1.29, 1.82) is 0 Å². The number of benzene rings is 1. The first kappa shape index (κ1) is 16.1. The van der Waals surface area contributed by atoms with E-state index in [-0.39, 0.29) is 6.61 Å². The van der Waals surface area contributed by atoms with Gasteiger partial charge in [0, 0.05) is 6.20 Å². The molecule has 0 aliphatic rings. The summed E-state index contributed by atoms with van der Waals surface area (Å²) in [5.74, 6) is 0.787. The Morgan fingerprint density at radius 1 is 1.33 bits per heavy atom. The lowest BCUT2D eigenvalue weighted by Gasteiger charge is -2.10. The Morgan fingerprint density at radius 2 is 2.05 bits per heavy atom. The zero-order valence-electron chi connectivity index (χ0n) is 11.4. The van der Waals surface area contributed by atoms with E-state index in [1.165, 1.54) is 6.20 Å². The van der Waals surface area contributed by atoms with E-state index in [9.17, 15) is 13.2 Å². The largest absolute Gasteiger partial charge is 0.486 e. The number of alkyl halides is 3. The number of hydrogen-bond acceptors (Lipinski definition) is 3. The summed E-state index contributed by atoms with van der Waals surface area (Å²) < 4.78 is 42.8. The first-order valence-corrected chi connectivity index (χ1v) is 7.41. The lowest BCUT2D eigenvalue weighted by Crippen LogP contribution is -2.02. The maximum Gasteiger partial charge on any atom is 0.443 e. The van der Waals surface area contributed by atoms with Gasteiger partial charge in [0.25, 0.3) is 0 Å². The molecule has 0 saturated carbocycles. The normalized spacial score (nSPS) is 12.0. The molecule has 21 heavy (non-hydrogen) atoms. The van der Waals surface area contributed by atoms with Crippen molar-refractivity contribution < 1.29 is 17.9 Å². The maximum absolute atomic E-state index is 12.4. The van der Waals surface area contributed by atoms with Crippen LogP contribution in [0.5, 0.6) is 5.75 Å². The second-order valence-corrected chi connectivity index (χ2v) is 6.29. The molecule has 2 aromatic rings. The summed E-state index contributed by atoms with van der Waals surface area (Å²) in [6.07, 6.45) is -3.25. The summed E-state index contributed by atoms with van der Waals surface area (Å²) in [7, 11) is 0. The molecule has 0 unspecified atom stereocenters. The molecule has 0 radical (unpaired) electrons. The average molecular weight is 336 g/mol. The van der Waals surface area contributed by atoms with Crippen molar-refractivity contribution in [3.63, 3.8) is 0 Å². The monoisotopic (exact) mass is 335 g/mol. The molecule has 114 valence electrons. The van der Waals surface area contributed by atoms with Crippen molar-refractivity contribution in [1.82, 2.24) is 4.98 Å². The molecule has 0 fully saturated rings. The third-order valence-electron chi connectivity index (χ3n) is 2.79. The Hall–Kier alpha value is -1.27. The molecule has 0 saturated heterocycles. The van der Waals surface area contributed by atoms with Crippen LogP contribution in [0, 0.1) is 0 Å². The van der Waals surface area contributed by atoms with E-state index in [0.29, 0.717) is 32.9 Å². The van der Waals surface area contributed by atoms with Crippen LogP contribution in [0.1, 0.15) is 35.2 Å². The topological polar surface area (TPSA) is 22.1 Å². The standard InChI is InChI=1S/C14H13ClF3NOS/c1-8(2)9-3-4-12(11(15)5-9)20-7-10-6-19-13(21-10)14(16,17)18/h3-6,8H,7H2,1-2H3. The average Bonchev–Trinajstić information content (AvgIpc) is 2.85. The molecule has 1 aromatic heterocycles. The number of hydrogen-bond donors (Lipinski definition) is 0. The molecule has 2 rings (SSSR count). The van der Waals surface area contributed by atoms with Crippen molar-refractivity contribution >= 4 is 22.9 Å². The summed E-state index contributed by atoms with van der Waals surface area (Å²) in [4.78, 5) is 3.73. The minimum atomic E-state index is -4.42. The predicted octanol–water partition coefficient (Wildman–Crippen LogP) is 5.52. The van der Waals surface area contributed by atoms with Gasteiger partial charge in [-0.3, -0.25) is 0 Å². The van der Waals surface area contributed by atoms with Crippen LogP contribution in [-0.2, 0) is 12.8 Å². The lowest BCUT2D eigenvalue weighted by molar-refractivity contribution is -0.137. The van der Waals surface area contributed by atoms with Crippen LogP contribution in [0.25, 0.3) is 0 Å². The summed E-state index contributed by atoms with van der Waals surface area (Å²) >= 11 is 6.67. The Kier molecular flexibility index (Phi) is 4.78. The smallest absolute Gasteiger partial charge is 0.443 e. The number of aromatic nitrogens is 1. The van der Waals surface area contributed by atoms with Crippen LogP contribution in [0.3, 0.4) is 0 Å². The minimum absolute atomic E-state index is 0.00842. The second-order valence-electron chi connectivity index (χ2n) is 4.76. The van der Waals surface area contributed by atoms with Gasteiger partial charge in [-0.1, -0.05) is 31.5 Å². The van der Waals surface area contributed by atoms with Gasteiger partial charge in [0.05, 0.1) is 9.90 Å². The summed E-state index contributed by atoms with van der Waals surface area (Å²) in [5, 5.41) is -0.427. The van der Waals surface area contributed by atoms with E-state index in [1.807, 2.05) is 19.9 Å². The van der Waals surface area contributed by atoms with Gasteiger partial charge in [0.1, 0.15) is 12.4 Å². The number of thiazole rings is 1. The molecule has 2 nitrogen and oxygen atoms in total. The van der Waals surface area contributed by atoms with Gasteiger partial charge >= 0.3 is 6.18 Å². The summed E-state index contributed by atoms with van der Waals surface area (Å²) in [6.45, 7) is 4.10. The van der Waals surface area contributed by atoms with Gasteiger partial charge in [-0.15, -0.1) is 11.3 Å². The van der Waals surface area contributed by atoms with Crippen LogP contribution >= 0.6 is 22.9 Å². The van der Waals surface area contributed by atoms with Crippen LogP contribution in [-0.4, -0.2) is 4.98 Å². The molecule has 1 aromatic carbocycles. The van der Waals surface area contributed by atoms with Crippen LogP contribution in [0.2, 0.25) is 5.02 Å². The molecule has 0 aliphatic carbocycles. The first-order chi connectivity index (χ1) is 9.77. The number of rotatable bonds is 4. The highest BCUT2D eigenvalue weighted by Gasteiger charge is 2.34. The van der Waals surface area contributed by atoms with E-state index < -0.39 is 11.2 Å². The lowest BCUT2D eigenvalue weighted by atomic mass is 10.0. The van der Waals surface area contributed by atoms with Gasteiger partial charge < -0.3 is 4.74 Å². The molecule has 0 aliphatic heterocycles. The molecule has 1 heterocycles. The zero-order chi connectivity index (χ0) is 15.6. The van der Waals surface area contributed by atoms with Crippen molar-refractivity contribution in [3.8, 4) is 5.75 Å². The Labute approximate surface area is 129 Å². The third-order valence-corrected chi connectivity index (χ3v) is 4.10. The van der Waals surface area contributed by atoms with Gasteiger partial charge in [-0.05, 0) is 23.6 Å². The Morgan fingerprint density at radius 3 is 2.57 bits per heavy atom. The highest BCUT2D eigenvalue weighted by atomic mass is 35.5. The van der Waals surface area contributed by atoms with Crippen LogP contribution in [0.4, 0.5) is 13.2 Å². The zero-order valence-corrected chi connectivity index (χ0v) is 12.9. The molecular weight excluding hydrogens is 323 g/mol. The molecule has 0 N–H and O–H groups in total. The molecule has 0 atom stereocenters. The molecule has 0 bridgehead atoms. The molecular formula is C14H13ClF3NOS. The highest BCUT2D eigenvalue weighted by Crippen LogP contribution is 2.33. The number of nitrogens with zero attached hydrogens (tertiary/aromatic N) is 1. The van der Waals surface area contributed by atoms with E-state index in [4.69, 9.17) is 16.3 Å². The fraction of sp³-hybridized carbons (Fsp3) is 0.357. The Balaban J connectivity index is 2.05. The maximum atomic E-state index is 12.4. The molecule has 0 spiro atoms. The summed E-state index contributed by atoms with van der Waals surface area (Å²) in [6, 6.07) is 5.42. The summed E-state index contributed by atoms with van der Waals surface area (Å²) in [5.41, 5.74) is 1.07. The van der Waals surface area contributed by atoms with E-state index in [2.05, 4.69) is 4.98 Å². The second kappa shape index (κ2) is 6.23. The third kappa shape index (κ3) is 4.11. The van der Waals surface area contributed by atoms with Crippen LogP contribution in [0.15, 0.2) is 24.4 Å². The highest BCUT2D eigenvalue weighted by molar-refractivity contribution is 7.11. The van der Waals surface area contributed by atoms with Crippen molar-refractivity contribution in [3.05, 3.63) is 44.9 Å². The van der Waals surface area contributed by atoms with Gasteiger partial charge in [0.15, 0.2) is 5.01 Å². The first-order valence-electron chi connectivity index (χ1n) is 6.21. The Bertz CT molecular complexity index is 625. The number of ether oxygens (including phenoxy) is 1. The van der Waals surface area contributed by atoms with Gasteiger partial charge in [0.2, 0.25) is 0 Å². The SMILES string of the molecule is CC(C)c1ccc(OCc2cnc(C(F)(F)F)s2)c(Cl)c1. The molecule has 7 heteroatoms. The van der Waals surface area contributed by atoms with E-state index >= 15 is 0 Å². The fourth-order valence-corrected chi connectivity index (χ4v) is 2.58. The number of halogens is 4. The minimum Gasteiger partial charge on any atom is -0.486 e. The van der Waals surface area contributed by atoms with Gasteiger partial charge in [-0.2, -0.15) is 13.2 Å². The predicted molar refractivity (Wildman–Crippen MR) is 77.0 cm³/mol. The van der Waals surface area contributed by atoms with Crippen molar-refractivity contribution in [2.24, 2.45) is 0 Å². The molecule has 0 amide bonds. The van der Waals surface area contributed by atoms with Crippen LogP contribution < -0.4 is 4.74 Å². The van der Waals surface area contributed by atoms with Gasteiger partial charge in [-0.25, -0.2) is 4.98 Å². The quantitative estimate of drug-likeness (QED) is 0.734. The van der Waals surface area contributed by atoms with Crippen molar-refractivity contribution in [2.45, 2.75) is 32.5 Å². The van der Waals surface area contributed by atoms with E-state index in [1.54, 1.807) is 12.1 Å². The fourth-order valence-electron chi connectivity index (χ4n) is 1.65.